The van der Waals surface area contributed by atoms with Crippen molar-refractivity contribution in [1.29, 1.82) is 0 Å². The molecule has 0 atom stereocenters. The number of methoxy groups -OCH3 is 1. The van der Waals surface area contributed by atoms with Gasteiger partial charge in [-0.05, 0) is 31.2 Å². The summed E-state index contributed by atoms with van der Waals surface area (Å²) in [6.07, 6.45) is 0. The summed E-state index contributed by atoms with van der Waals surface area (Å²) >= 11 is 5.79. The van der Waals surface area contributed by atoms with Crippen molar-refractivity contribution in [2.75, 3.05) is 35.3 Å². The minimum absolute atomic E-state index is 0.0608. The Kier molecular flexibility index (Phi) is 5.42. The van der Waals surface area contributed by atoms with Crippen molar-refractivity contribution >= 4 is 40.9 Å². The third kappa shape index (κ3) is 4.36. The maximum Gasteiger partial charge on any atom is 0.326 e. The lowest BCUT2D eigenvalue weighted by Gasteiger charge is -2.13. The Hall–Kier alpha value is -2.74. The van der Waals surface area contributed by atoms with Gasteiger partial charge in [0.1, 0.15) is 0 Å². The maximum absolute atomic E-state index is 12.0. The van der Waals surface area contributed by atoms with E-state index in [0.29, 0.717) is 28.8 Å². The first-order chi connectivity index (χ1) is 11.0. The van der Waals surface area contributed by atoms with Crippen molar-refractivity contribution in [3.8, 4) is 5.75 Å². The molecule has 0 bridgehead atoms. The average molecular weight is 337 g/mol. The number of rotatable bonds is 5. The highest BCUT2D eigenvalue weighted by Gasteiger charge is 2.14. The molecule has 0 aliphatic heterocycles. The zero-order chi connectivity index (χ0) is 16.8. The van der Waals surface area contributed by atoms with E-state index in [1.165, 1.54) is 7.11 Å². The lowest BCUT2D eigenvalue weighted by molar-refractivity contribution is 0.262. The van der Waals surface area contributed by atoms with Gasteiger partial charge < -0.3 is 21.1 Å². The molecule has 0 saturated heterocycles. The lowest BCUT2D eigenvalue weighted by Crippen LogP contribution is -2.21. The molecular formula is C14H17ClN6O2. The molecule has 1 heterocycles. The zero-order valence-electron chi connectivity index (χ0n) is 12.7. The van der Waals surface area contributed by atoms with Gasteiger partial charge in [-0.1, -0.05) is 11.6 Å². The molecular weight excluding hydrogens is 320 g/mol. The van der Waals surface area contributed by atoms with Crippen LogP contribution in [0.25, 0.3) is 0 Å². The molecule has 2 aromatic rings. The molecule has 0 fully saturated rings. The van der Waals surface area contributed by atoms with Gasteiger partial charge in [0.05, 0.1) is 7.11 Å². The monoisotopic (exact) mass is 336 g/mol. The minimum atomic E-state index is -0.501. The normalized spacial score (nSPS) is 10.0. The van der Waals surface area contributed by atoms with Gasteiger partial charge in [0.2, 0.25) is 11.7 Å². The van der Waals surface area contributed by atoms with E-state index in [2.05, 4.69) is 25.9 Å². The molecule has 0 aliphatic carbocycles. The molecule has 8 nitrogen and oxygen atoms in total. The average Bonchev–Trinajstić information content (AvgIpc) is 2.50. The molecule has 122 valence electrons. The van der Waals surface area contributed by atoms with Crippen LogP contribution in [0.1, 0.15) is 6.92 Å². The van der Waals surface area contributed by atoms with E-state index in [1.54, 1.807) is 24.3 Å². The van der Waals surface area contributed by atoms with Crippen LogP contribution in [0.3, 0.4) is 0 Å². The second-order valence-electron chi connectivity index (χ2n) is 4.43. The molecule has 0 unspecified atom stereocenters. The third-order valence-electron chi connectivity index (χ3n) is 2.77. The summed E-state index contributed by atoms with van der Waals surface area (Å²) in [5.41, 5.74) is 6.39. The fourth-order valence-electron chi connectivity index (χ4n) is 1.81. The summed E-state index contributed by atoms with van der Waals surface area (Å²) in [4.78, 5) is 20.1. The van der Waals surface area contributed by atoms with Crippen molar-refractivity contribution in [1.82, 2.24) is 9.97 Å². The second-order valence-corrected chi connectivity index (χ2v) is 4.87. The number of nitrogens with one attached hydrogen (secondary N) is 3. The summed E-state index contributed by atoms with van der Waals surface area (Å²) in [5, 5.41) is 8.73. The number of ether oxygens (including phenoxy) is 1. The van der Waals surface area contributed by atoms with Crippen LogP contribution in [-0.2, 0) is 0 Å². The molecule has 0 aliphatic rings. The van der Waals surface area contributed by atoms with Crippen molar-refractivity contribution in [3.05, 3.63) is 29.3 Å². The van der Waals surface area contributed by atoms with Gasteiger partial charge in [-0.2, -0.15) is 9.97 Å². The first-order valence-corrected chi connectivity index (χ1v) is 7.20. The standard InChI is InChI=1S/C14H17ClN6O2/c1-3-17-12-10(23-2)11(16)19-13(20-12)21-14(22)18-9-6-4-8(15)5-7-9/h4-7H,3H2,1-2H3,(H5,16,17,18,19,20,21,22). The third-order valence-corrected chi connectivity index (χ3v) is 3.02. The van der Waals surface area contributed by atoms with Gasteiger partial charge in [0.25, 0.3) is 0 Å². The summed E-state index contributed by atoms with van der Waals surface area (Å²) in [5.74, 6) is 0.922. The molecule has 1 aromatic heterocycles. The van der Waals surface area contributed by atoms with Gasteiger partial charge in [0.15, 0.2) is 11.6 Å². The number of carbonyl (C=O) groups excluding carboxylic acids is 1. The summed E-state index contributed by atoms with van der Waals surface area (Å²) in [6.45, 7) is 2.52. The fourth-order valence-corrected chi connectivity index (χ4v) is 1.94. The number of hydrogen-bond donors (Lipinski definition) is 4. The largest absolute Gasteiger partial charge is 0.490 e. The lowest BCUT2D eigenvalue weighted by atomic mass is 10.3. The number of anilines is 4. The second kappa shape index (κ2) is 7.50. The number of urea groups is 1. The zero-order valence-corrected chi connectivity index (χ0v) is 13.4. The molecule has 2 amide bonds. The van der Waals surface area contributed by atoms with Crippen LogP contribution >= 0.6 is 11.6 Å². The predicted molar refractivity (Wildman–Crippen MR) is 91.3 cm³/mol. The van der Waals surface area contributed by atoms with Crippen LogP contribution in [0, 0.1) is 0 Å². The number of hydrogen-bond acceptors (Lipinski definition) is 6. The van der Waals surface area contributed by atoms with Crippen LogP contribution in [0.5, 0.6) is 5.75 Å². The van der Waals surface area contributed by atoms with E-state index in [9.17, 15) is 4.79 Å². The number of halogens is 1. The van der Waals surface area contributed by atoms with Crippen LogP contribution in [0.2, 0.25) is 5.02 Å². The molecule has 0 spiro atoms. The number of carbonyl (C=O) groups is 1. The molecule has 5 N–H and O–H groups in total. The van der Waals surface area contributed by atoms with E-state index < -0.39 is 6.03 Å². The molecule has 9 heteroatoms. The van der Waals surface area contributed by atoms with Crippen molar-refractivity contribution in [2.45, 2.75) is 6.92 Å². The summed E-state index contributed by atoms with van der Waals surface area (Å²) < 4.78 is 5.14. The number of nitrogens with zero attached hydrogens (tertiary/aromatic N) is 2. The molecule has 2 rings (SSSR count). The molecule has 1 aromatic carbocycles. The van der Waals surface area contributed by atoms with Crippen LogP contribution < -0.4 is 26.4 Å². The molecule has 0 radical (unpaired) electrons. The van der Waals surface area contributed by atoms with E-state index in [-0.39, 0.29) is 11.8 Å². The fraction of sp³-hybridized carbons (Fsp3) is 0.214. The Morgan fingerprint density at radius 3 is 2.57 bits per heavy atom. The van der Waals surface area contributed by atoms with Gasteiger partial charge in [-0.25, -0.2) is 4.79 Å². The van der Waals surface area contributed by atoms with Gasteiger partial charge >= 0.3 is 6.03 Å². The Balaban J connectivity index is 2.12. The number of amides is 2. The number of nitrogen functional groups attached to an aromatic ring is 1. The molecule has 23 heavy (non-hydrogen) atoms. The van der Waals surface area contributed by atoms with E-state index in [0.717, 1.165) is 0 Å². The highest BCUT2D eigenvalue weighted by atomic mass is 35.5. The van der Waals surface area contributed by atoms with Crippen molar-refractivity contribution in [2.24, 2.45) is 0 Å². The van der Waals surface area contributed by atoms with Crippen molar-refractivity contribution in [3.63, 3.8) is 0 Å². The predicted octanol–water partition coefficient (Wildman–Crippen LogP) is 2.80. The Morgan fingerprint density at radius 2 is 1.96 bits per heavy atom. The Labute approximate surface area is 138 Å². The Morgan fingerprint density at radius 1 is 1.26 bits per heavy atom. The highest BCUT2D eigenvalue weighted by Crippen LogP contribution is 2.28. The number of nitrogens with two attached hydrogens (primary N) is 1. The van der Waals surface area contributed by atoms with Gasteiger partial charge in [-0.3, -0.25) is 5.32 Å². The van der Waals surface area contributed by atoms with Crippen LogP contribution in [0.4, 0.5) is 28.1 Å². The SMILES string of the molecule is CCNc1nc(NC(=O)Nc2ccc(Cl)cc2)nc(N)c1OC. The Bertz CT molecular complexity index is 692. The number of aromatic nitrogens is 2. The first-order valence-electron chi connectivity index (χ1n) is 6.82. The van der Waals surface area contributed by atoms with Gasteiger partial charge in [-0.15, -0.1) is 0 Å². The number of benzene rings is 1. The summed E-state index contributed by atoms with van der Waals surface area (Å²) in [7, 11) is 1.47. The van der Waals surface area contributed by atoms with Gasteiger partial charge in [0, 0.05) is 17.3 Å². The van der Waals surface area contributed by atoms with E-state index in [4.69, 9.17) is 22.1 Å². The first kappa shape index (κ1) is 16.6. The smallest absolute Gasteiger partial charge is 0.326 e. The van der Waals surface area contributed by atoms with E-state index >= 15 is 0 Å². The van der Waals surface area contributed by atoms with Crippen LogP contribution in [0.15, 0.2) is 24.3 Å². The summed E-state index contributed by atoms with van der Waals surface area (Å²) in [6, 6.07) is 6.19. The van der Waals surface area contributed by atoms with Crippen molar-refractivity contribution < 1.29 is 9.53 Å². The van der Waals surface area contributed by atoms with E-state index in [1.807, 2.05) is 6.92 Å². The maximum atomic E-state index is 12.0. The molecule has 0 saturated carbocycles. The van der Waals surface area contributed by atoms with Crippen LogP contribution in [-0.4, -0.2) is 29.7 Å². The quantitative estimate of drug-likeness (QED) is 0.667. The minimum Gasteiger partial charge on any atom is -0.490 e. The topological polar surface area (TPSA) is 114 Å². The highest BCUT2D eigenvalue weighted by molar-refractivity contribution is 6.30.